The molecule has 19 heavy (non-hydrogen) atoms. The molecule has 4 heteroatoms. The molecule has 102 valence electrons. The predicted octanol–water partition coefficient (Wildman–Crippen LogP) is 3.67. The molecule has 0 fully saturated rings. The van der Waals surface area contributed by atoms with Crippen molar-refractivity contribution in [1.29, 1.82) is 0 Å². The second kappa shape index (κ2) is 6.35. The summed E-state index contributed by atoms with van der Waals surface area (Å²) in [6, 6.07) is 6.59. The topological polar surface area (TPSA) is 29.9 Å². The van der Waals surface area contributed by atoms with E-state index >= 15 is 0 Å². The first-order valence-electron chi connectivity index (χ1n) is 6.61. The normalized spacial score (nSPS) is 12.6. The quantitative estimate of drug-likeness (QED) is 0.910. The number of halogens is 1. The van der Waals surface area contributed by atoms with Crippen molar-refractivity contribution in [1.82, 2.24) is 15.1 Å². The summed E-state index contributed by atoms with van der Waals surface area (Å²) in [5.74, 6) is 0. The number of aromatic nitrogens is 2. The number of nitrogens with zero attached hydrogens (tertiary/aromatic N) is 2. The minimum Gasteiger partial charge on any atom is -0.309 e. The molecule has 0 amide bonds. The third-order valence-electron chi connectivity index (χ3n) is 3.19. The minimum absolute atomic E-state index is 0.167. The van der Waals surface area contributed by atoms with Gasteiger partial charge in [-0.2, -0.15) is 5.10 Å². The van der Waals surface area contributed by atoms with Crippen molar-refractivity contribution in [2.24, 2.45) is 0 Å². The molecule has 0 radical (unpaired) electrons. The van der Waals surface area contributed by atoms with Gasteiger partial charge in [0.05, 0.1) is 12.2 Å². The monoisotopic (exact) mass is 321 g/mol. The highest BCUT2D eigenvalue weighted by atomic mass is 79.9. The van der Waals surface area contributed by atoms with E-state index in [4.69, 9.17) is 0 Å². The van der Waals surface area contributed by atoms with Crippen LogP contribution < -0.4 is 5.32 Å². The van der Waals surface area contributed by atoms with Gasteiger partial charge in [-0.3, -0.25) is 4.68 Å². The van der Waals surface area contributed by atoms with Gasteiger partial charge in [-0.05, 0) is 32.0 Å². The molecule has 3 nitrogen and oxygen atoms in total. The molecule has 1 unspecified atom stereocenters. The Kier molecular flexibility index (Phi) is 4.77. The van der Waals surface area contributed by atoms with Crippen LogP contribution in [0, 0.1) is 6.92 Å². The highest BCUT2D eigenvalue weighted by molar-refractivity contribution is 9.10. The van der Waals surface area contributed by atoms with Gasteiger partial charge in [0.1, 0.15) is 0 Å². The fraction of sp³-hybridized carbons (Fsp3) is 0.400. The number of rotatable bonds is 5. The molecule has 1 heterocycles. The van der Waals surface area contributed by atoms with E-state index in [9.17, 15) is 0 Å². The Hall–Kier alpha value is -1.13. The molecule has 1 aromatic carbocycles. The van der Waals surface area contributed by atoms with Crippen LogP contribution in [-0.4, -0.2) is 16.8 Å². The third-order valence-corrected chi connectivity index (χ3v) is 3.91. The molecule has 0 aliphatic rings. The zero-order chi connectivity index (χ0) is 13.8. The average molecular weight is 322 g/mol. The molecule has 2 aromatic rings. The van der Waals surface area contributed by atoms with E-state index in [1.807, 2.05) is 17.9 Å². The second-order valence-electron chi connectivity index (χ2n) is 4.78. The molecular weight excluding hydrogens is 302 g/mol. The number of benzene rings is 1. The van der Waals surface area contributed by atoms with E-state index in [-0.39, 0.29) is 6.04 Å². The summed E-state index contributed by atoms with van der Waals surface area (Å²) in [6.45, 7) is 5.24. The minimum atomic E-state index is 0.167. The summed E-state index contributed by atoms with van der Waals surface area (Å²) in [4.78, 5) is 0. The fourth-order valence-electron chi connectivity index (χ4n) is 2.27. The first kappa shape index (κ1) is 14.3. The van der Waals surface area contributed by atoms with Gasteiger partial charge < -0.3 is 5.32 Å². The highest BCUT2D eigenvalue weighted by Crippen LogP contribution is 2.29. The molecule has 1 N–H and O–H groups in total. The maximum absolute atomic E-state index is 4.41. The lowest BCUT2D eigenvalue weighted by Crippen LogP contribution is -2.17. The predicted molar refractivity (Wildman–Crippen MR) is 82.3 cm³/mol. The van der Waals surface area contributed by atoms with Crippen LogP contribution in [0.2, 0.25) is 0 Å². The van der Waals surface area contributed by atoms with E-state index in [2.05, 4.69) is 64.6 Å². The molecule has 1 aromatic heterocycles. The van der Waals surface area contributed by atoms with Crippen LogP contribution in [0.3, 0.4) is 0 Å². The largest absolute Gasteiger partial charge is 0.309 e. The van der Waals surface area contributed by atoms with E-state index in [1.54, 1.807) is 0 Å². The van der Waals surface area contributed by atoms with E-state index in [0.717, 1.165) is 17.4 Å². The Balaban J connectivity index is 2.35. The lowest BCUT2D eigenvalue weighted by molar-refractivity contribution is 0.600. The van der Waals surface area contributed by atoms with Crippen molar-refractivity contribution in [2.45, 2.75) is 32.9 Å². The molecule has 0 spiro atoms. The highest BCUT2D eigenvalue weighted by Gasteiger charge is 2.16. The number of nitrogens with one attached hydrogen (secondary N) is 1. The lowest BCUT2D eigenvalue weighted by Gasteiger charge is -2.17. The Bertz CT molecular complexity index is 548. The molecule has 0 aliphatic heterocycles. The Morgan fingerprint density at radius 3 is 2.89 bits per heavy atom. The summed E-state index contributed by atoms with van der Waals surface area (Å²) in [5, 5.41) is 7.79. The van der Waals surface area contributed by atoms with E-state index < -0.39 is 0 Å². The molecule has 0 saturated heterocycles. The maximum atomic E-state index is 4.41. The van der Waals surface area contributed by atoms with Crippen LogP contribution >= 0.6 is 15.9 Å². The number of aryl methyl sites for hydroxylation is 2. The van der Waals surface area contributed by atoms with Gasteiger partial charge in [0, 0.05) is 22.8 Å². The lowest BCUT2D eigenvalue weighted by atomic mass is 10.00. The first-order valence-corrected chi connectivity index (χ1v) is 7.40. The zero-order valence-electron chi connectivity index (χ0n) is 11.7. The van der Waals surface area contributed by atoms with Gasteiger partial charge in [0.25, 0.3) is 0 Å². The summed E-state index contributed by atoms with van der Waals surface area (Å²) >= 11 is 3.64. The van der Waals surface area contributed by atoms with Gasteiger partial charge in [-0.1, -0.05) is 40.5 Å². The third kappa shape index (κ3) is 3.25. The number of hydrogen-bond donors (Lipinski definition) is 1. The SMILES string of the molecule is CCCn1cc(C(NC)c2cc(C)ccc2Br)cn1. The molecule has 0 bridgehead atoms. The average Bonchev–Trinajstić information content (AvgIpc) is 2.83. The second-order valence-corrected chi connectivity index (χ2v) is 5.64. The van der Waals surface area contributed by atoms with Crippen molar-refractivity contribution in [3.8, 4) is 0 Å². The molecular formula is C15H20BrN3. The summed E-state index contributed by atoms with van der Waals surface area (Å²) in [7, 11) is 1.98. The van der Waals surface area contributed by atoms with Crippen molar-refractivity contribution in [2.75, 3.05) is 7.05 Å². The van der Waals surface area contributed by atoms with Crippen molar-refractivity contribution in [3.05, 3.63) is 51.8 Å². The summed E-state index contributed by atoms with van der Waals surface area (Å²) in [5.41, 5.74) is 3.71. The smallest absolute Gasteiger partial charge is 0.0616 e. The van der Waals surface area contributed by atoms with Gasteiger partial charge >= 0.3 is 0 Å². The van der Waals surface area contributed by atoms with Crippen molar-refractivity contribution >= 4 is 15.9 Å². The zero-order valence-corrected chi connectivity index (χ0v) is 13.2. The molecule has 0 saturated carbocycles. The Morgan fingerprint density at radius 1 is 1.42 bits per heavy atom. The number of hydrogen-bond acceptors (Lipinski definition) is 2. The Labute approximate surface area is 123 Å². The van der Waals surface area contributed by atoms with Crippen LogP contribution in [0.5, 0.6) is 0 Å². The summed E-state index contributed by atoms with van der Waals surface area (Å²) in [6.07, 6.45) is 5.17. The van der Waals surface area contributed by atoms with Crippen LogP contribution in [0.15, 0.2) is 35.1 Å². The van der Waals surface area contributed by atoms with Crippen molar-refractivity contribution in [3.63, 3.8) is 0 Å². The first-order chi connectivity index (χ1) is 9.15. The maximum Gasteiger partial charge on any atom is 0.0616 e. The Morgan fingerprint density at radius 2 is 2.21 bits per heavy atom. The van der Waals surface area contributed by atoms with Crippen LogP contribution in [0.4, 0.5) is 0 Å². The molecule has 2 rings (SSSR count). The van der Waals surface area contributed by atoms with Crippen LogP contribution in [0.1, 0.15) is 36.1 Å². The molecule has 1 atom stereocenters. The fourth-order valence-corrected chi connectivity index (χ4v) is 2.74. The van der Waals surface area contributed by atoms with Gasteiger partial charge in [-0.25, -0.2) is 0 Å². The van der Waals surface area contributed by atoms with Crippen molar-refractivity contribution < 1.29 is 0 Å². The van der Waals surface area contributed by atoms with Crippen LogP contribution in [0.25, 0.3) is 0 Å². The van der Waals surface area contributed by atoms with Gasteiger partial charge in [-0.15, -0.1) is 0 Å². The van der Waals surface area contributed by atoms with Crippen LogP contribution in [-0.2, 0) is 6.54 Å². The standard InChI is InChI=1S/C15H20BrN3/c1-4-7-19-10-12(9-18-19)15(17-3)13-8-11(2)5-6-14(13)16/h5-6,8-10,15,17H,4,7H2,1-3H3. The van der Waals surface area contributed by atoms with E-state index in [0.29, 0.717) is 0 Å². The summed E-state index contributed by atoms with van der Waals surface area (Å²) < 4.78 is 3.13. The van der Waals surface area contributed by atoms with Gasteiger partial charge in [0.2, 0.25) is 0 Å². The molecule has 0 aliphatic carbocycles. The van der Waals surface area contributed by atoms with E-state index in [1.165, 1.54) is 16.7 Å². The van der Waals surface area contributed by atoms with Gasteiger partial charge in [0.15, 0.2) is 0 Å².